The lowest BCUT2D eigenvalue weighted by atomic mass is 10.1. The first-order valence-corrected chi connectivity index (χ1v) is 14.2. The maximum Gasteiger partial charge on any atom is 0.417 e. The zero-order chi connectivity index (χ0) is 31.7. The van der Waals surface area contributed by atoms with Crippen molar-refractivity contribution in [2.24, 2.45) is 0 Å². The van der Waals surface area contributed by atoms with Crippen molar-refractivity contribution in [3.63, 3.8) is 0 Å². The van der Waals surface area contributed by atoms with E-state index in [1.54, 1.807) is 51.6 Å². The van der Waals surface area contributed by atoms with Gasteiger partial charge in [0.05, 0.1) is 31.6 Å². The predicted octanol–water partition coefficient (Wildman–Crippen LogP) is 6.00. The van der Waals surface area contributed by atoms with E-state index in [1.165, 1.54) is 22.9 Å². The number of halogens is 1. The quantitative estimate of drug-likeness (QED) is 0.215. The average Bonchev–Trinajstić information content (AvgIpc) is 3.89. The van der Waals surface area contributed by atoms with Crippen molar-refractivity contribution in [3.05, 3.63) is 105 Å². The van der Waals surface area contributed by atoms with Gasteiger partial charge in [-0.3, -0.25) is 19.7 Å². The lowest BCUT2D eigenvalue weighted by molar-refractivity contribution is 0.214. The van der Waals surface area contributed by atoms with Gasteiger partial charge < -0.3 is 18.9 Å². The molecule has 6 rings (SSSR count). The third-order valence-corrected chi connectivity index (χ3v) is 7.45. The van der Waals surface area contributed by atoms with Gasteiger partial charge in [0, 0.05) is 29.9 Å². The minimum atomic E-state index is -0.921. The highest BCUT2D eigenvalue weighted by molar-refractivity contribution is 5.89. The topological polar surface area (TPSA) is 123 Å². The van der Waals surface area contributed by atoms with Crippen molar-refractivity contribution in [1.29, 1.82) is 0 Å². The molecule has 1 saturated carbocycles. The van der Waals surface area contributed by atoms with E-state index >= 15 is 0 Å². The van der Waals surface area contributed by atoms with Crippen molar-refractivity contribution in [3.8, 4) is 34.4 Å². The van der Waals surface area contributed by atoms with Gasteiger partial charge >= 0.3 is 17.3 Å². The summed E-state index contributed by atoms with van der Waals surface area (Å²) in [5.41, 5.74) is 0.647. The summed E-state index contributed by atoms with van der Waals surface area (Å²) in [6, 6.07) is 15.5. The van der Waals surface area contributed by atoms with Gasteiger partial charge in [0.1, 0.15) is 17.3 Å². The number of carbonyl (C=O) groups is 1. The number of hydrogen-bond acceptors (Lipinski definition) is 8. The van der Waals surface area contributed by atoms with E-state index in [0.29, 0.717) is 34.2 Å². The van der Waals surface area contributed by atoms with Gasteiger partial charge in [0.25, 0.3) is 0 Å². The van der Waals surface area contributed by atoms with E-state index in [-0.39, 0.29) is 23.9 Å². The fourth-order valence-electron chi connectivity index (χ4n) is 5.02. The highest BCUT2D eigenvalue weighted by atomic mass is 19.1. The molecule has 1 amide bonds. The normalized spacial score (nSPS) is 12.5. The average molecular weight is 613 g/mol. The van der Waals surface area contributed by atoms with Gasteiger partial charge in [-0.25, -0.2) is 18.5 Å². The Hall–Kier alpha value is -5.65. The first kappa shape index (κ1) is 29.4. The van der Waals surface area contributed by atoms with Crippen LogP contribution in [0.3, 0.4) is 0 Å². The van der Waals surface area contributed by atoms with Crippen LogP contribution in [0.15, 0.2) is 82.6 Å². The standard InChI is InChI=1S/C33H29FN4O7/c1-4-37-18-30(31(39)38(33(37)41)22-10-7-20(34)8-11-22)45-32(40)36-21-9-12-26(23(15-21)19-5-6-19)44-27-13-14-35-25-17-29(43-3)28(42-2)16-24(25)27/h7-19H,4-6H2,1-3H3,(H,36,40). The molecule has 2 aromatic heterocycles. The number of aryl methyl sites for hydroxylation is 1. The van der Waals surface area contributed by atoms with Crippen LogP contribution in [-0.4, -0.2) is 34.4 Å². The van der Waals surface area contributed by atoms with E-state index in [2.05, 4.69) is 10.3 Å². The van der Waals surface area contributed by atoms with E-state index in [1.807, 2.05) is 12.1 Å². The minimum absolute atomic E-state index is 0.142. The molecule has 12 heteroatoms. The summed E-state index contributed by atoms with van der Waals surface area (Å²) >= 11 is 0. The van der Waals surface area contributed by atoms with Crippen LogP contribution in [0, 0.1) is 5.82 Å². The Kier molecular flexibility index (Phi) is 7.95. The summed E-state index contributed by atoms with van der Waals surface area (Å²) in [6.45, 7) is 1.91. The van der Waals surface area contributed by atoms with Crippen LogP contribution in [0.1, 0.15) is 31.2 Å². The number of nitrogens with one attached hydrogen (secondary N) is 1. The second kappa shape index (κ2) is 12.2. The Balaban J connectivity index is 1.26. The molecule has 5 aromatic rings. The molecule has 1 fully saturated rings. The lowest BCUT2D eigenvalue weighted by Gasteiger charge is -2.16. The number of nitrogens with zero attached hydrogens (tertiary/aromatic N) is 3. The van der Waals surface area contributed by atoms with Crippen molar-refractivity contribution >= 4 is 22.7 Å². The zero-order valence-electron chi connectivity index (χ0n) is 24.7. The van der Waals surface area contributed by atoms with Gasteiger partial charge in [0.2, 0.25) is 5.75 Å². The number of aromatic nitrogens is 3. The van der Waals surface area contributed by atoms with Gasteiger partial charge in [-0.2, -0.15) is 0 Å². The number of fused-ring (bicyclic) bond motifs is 1. The third-order valence-electron chi connectivity index (χ3n) is 7.45. The Morgan fingerprint density at radius 1 is 0.933 bits per heavy atom. The summed E-state index contributed by atoms with van der Waals surface area (Å²) in [5, 5.41) is 3.40. The smallest absolute Gasteiger partial charge is 0.417 e. The summed E-state index contributed by atoms with van der Waals surface area (Å²) in [4.78, 5) is 43.5. The molecular formula is C33H29FN4O7. The maximum absolute atomic E-state index is 13.5. The molecule has 1 aliphatic rings. The molecule has 0 radical (unpaired) electrons. The fraction of sp³-hybridized carbons (Fsp3) is 0.212. The molecule has 1 N–H and O–H groups in total. The van der Waals surface area contributed by atoms with E-state index in [9.17, 15) is 18.8 Å². The molecule has 3 aromatic carbocycles. The minimum Gasteiger partial charge on any atom is -0.493 e. The fourth-order valence-corrected chi connectivity index (χ4v) is 5.02. The number of ether oxygens (including phenoxy) is 4. The summed E-state index contributed by atoms with van der Waals surface area (Å²) in [7, 11) is 3.12. The molecule has 0 bridgehead atoms. The molecule has 0 spiro atoms. The van der Waals surface area contributed by atoms with Crippen LogP contribution in [0.4, 0.5) is 14.9 Å². The molecular weight excluding hydrogens is 583 g/mol. The van der Waals surface area contributed by atoms with Crippen molar-refractivity contribution in [1.82, 2.24) is 14.1 Å². The maximum atomic E-state index is 13.5. The summed E-state index contributed by atoms with van der Waals surface area (Å²) in [5.74, 6) is 1.66. The van der Waals surface area contributed by atoms with Crippen LogP contribution in [0.2, 0.25) is 0 Å². The first-order chi connectivity index (χ1) is 21.8. The molecule has 0 atom stereocenters. The Bertz CT molecular complexity index is 2040. The third kappa shape index (κ3) is 5.94. The molecule has 0 unspecified atom stereocenters. The molecule has 45 heavy (non-hydrogen) atoms. The number of pyridine rings is 1. The number of anilines is 1. The van der Waals surface area contributed by atoms with E-state index in [4.69, 9.17) is 18.9 Å². The summed E-state index contributed by atoms with van der Waals surface area (Å²) < 4.78 is 38.2. The number of amides is 1. The van der Waals surface area contributed by atoms with E-state index in [0.717, 1.165) is 40.5 Å². The molecule has 2 heterocycles. The largest absolute Gasteiger partial charge is 0.493 e. The molecule has 1 aliphatic carbocycles. The van der Waals surface area contributed by atoms with Gasteiger partial charge in [-0.15, -0.1) is 0 Å². The SMILES string of the molecule is CCn1cc(OC(=O)Nc2ccc(Oc3ccnc4cc(OC)c(OC)cc34)c(C3CC3)c2)c(=O)n(-c2ccc(F)cc2)c1=O. The number of rotatable bonds is 9. The van der Waals surface area contributed by atoms with Crippen LogP contribution in [0.25, 0.3) is 16.6 Å². The monoisotopic (exact) mass is 612 g/mol. The first-order valence-electron chi connectivity index (χ1n) is 14.2. The zero-order valence-corrected chi connectivity index (χ0v) is 24.7. The number of carbonyl (C=O) groups excluding carboxylic acids is 1. The molecule has 230 valence electrons. The second-order valence-corrected chi connectivity index (χ2v) is 10.4. The molecule has 0 aliphatic heterocycles. The highest BCUT2D eigenvalue weighted by Gasteiger charge is 2.28. The molecule has 0 saturated heterocycles. The number of benzene rings is 3. The van der Waals surface area contributed by atoms with Crippen molar-refractivity contribution in [2.75, 3.05) is 19.5 Å². The van der Waals surface area contributed by atoms with E-state index < -0.39 is 23.2 Å². The van der Waals surface area contributed by atoms with Crippen LogP contribution in [0.5, 0.6) is 28.7 Å². The molecule has 11 nitrogen and oxygen atoms in total. The van der Waals surface area contributed by atoms with Gasteiger partial charge in [-0.05, 0) is 85.8 Å². The summed E-state index contributed by atoms with van der Waals surface area (Å²) in [6.07, 6.45) is 3.84. The Morgan fingerprint density at radius 3 is 2.36 bits per heavy atom. The predicted molar refractivity (Wildman–Crippen MR) is 165 cm³/mol. The van der Waals surface area contributed by atoms with Crippen LogP contribution < -0.4 is 35.5 Å². The van der Waals surface area contributed by atoms with Gasteiger partial charge in [-0.1, -0.05) is 0 Å². The van der Waals surface area contributed by atoms with Gasteiger partial charge in [0.15, 0.2) is 11.5 Å². The highest BCUT2D eigenvalue weighted by Crippen LogP contribution is 2.47. The Morgan fingerprint density at radius 2 is 1.67 bits per heavy atom. The lowest BCUT2D eigenvalue weighted by Crippen LogP contribution is -2.39. The number of hydrogen-bond donors (Lipinski definition) is 1. The van der Waals surface area contributed by atoms with Crippen LogP contribution >= 0.6 is 0 Å². The van der Waals surface area contributed by atoms with Crippen molar-refractivity contribution < 1.29 is 28.1 Å². The number of methoxy groups -OCH3 is 2. The van der Waals surface area contributed by atoms with Crippen LogP contribution in [-0.2, 0) is 6.54 Å². The Labute approximate surface area is 256 Å². The second-order valence-electron chi connectivity index (χ2n) is 10.4. The van der Waals surface area contributed by atoms with Crippen molar-refractivity contribution in [2.45, 2.75) is 32.2 Å².